The second kappa shape index (κ2) is 6.08. The van der Waals surface area contributed by atoms with Crippen LogP contribution >= 0.6 is 0 Å². The Balaban J connectivity index is 1.69. The lowest BCUT2D eigenvalue weighted by atomic mass is 9.43. The van der Waals surface area contributed by atoms with Crippen molar-refractivity contribution in [2.45, 2.75) is 64.3 Å². The first-order valence-electron chi connectivity index (χ1n) is 10.1. The lowest BCUT2D eigenvalue weighted by Crippen LogP contribution is -2.75. The topological polar surface area (TPSA) is 124 Å². The second-order valence-electron chi connectivity index (χ2n) is 10.2. The first-order chi connectivity index (χ1) is 13.8. The molecule has 30 heavy (non-hydrogen) atoms. The maximum Gasteiger partial charge on any atom is 0.342 e. The van der Waals surface area contributed by atoms with Crippen molar-refractivity contribution in [3.63, 3.8) is 0 Å². The highest BCUT2D eigenvalue weighted by Gasteiger charge is 2.75. The van der Waals surface area contributed by atoms with Gasteiger partial charge in [0, 0.05) is 23.0 Å². The quantitative estimate of drug-likeness (QED) is 0.440. The van der Waals surface area contributed by atoms with E-state index in [9.17, 15) is 30.0 Å². The number of rotatable bonds is 3. The van der Waals surface area contributed by atoms with Crippen molar-refractivity contribution < 1.29 is 34.8 Å². The van der Waals surface area contributed by atoms with Crippen LogP contribution in [0, 0.1) is 23.7 Å². The molecule has 3 aliphatic rings. The maximum atomic E-state index is 12.8. The van der Waals surface area contributed by atoms with Crippen LogP contribution in [0.2, 0.25) is 0 Å². The largest absolute Gasteiger partial charge is 0.508 e. The minimum absolute atomic E-state index is 0.0251. The molecule has 0 saturated heterocycles. The van der Waals surface area contributed by atoms with E-state index in [-0.39, 0.29) is 34.6 Å². The molecule has 7 heteroatoms. The highest BCUT2D eigenvalue weighted by atomic mass is 16.6. The third-order valence-corrected chi connectivity index (χ3v) is 7.56. The van der Waals surface area contributed by atoms with Crippen molar-refractivity contribution >= 4 is 12.3 Å². The standard InChI is InChI=1S/C23H28O7/c1-12-5-14(25)6-15(26)18(12)19(27)30-17-9-21(4)16-8-20(2,3)11-22(16,28)7-13(10-24)23(17,21)29/h5-7,10,16-17,25-26,28-29H,8-9,11H2,1-4H3. The highest BCUT2D eigenvalue weighted by molar-refractivity contribution is 5.94. The average molecular weight is 416 g/mol. The van der Waals surface area contributed by atoms with E-state index >= 15 is 0 Å². The van der Waals surface area contributed by atoms with E-state index in [2.05, 4.69) is 0 Å². The zero-order valence-electron chi connectivity index (χ0n) is 17.6. The fraction of sp³-hybridized carbons (Fsp3) is 0.565. The van der Waals surface area contributed by atoms with Crippen molar-refractivity contribution in [3.05, 3.63) is 34.9 Å². The first-order valence-corrected chi connectivity index (χ1v) is 10.1. The number of aldehydes is 1. The molecular formula is C23H28O7. The van der Waals surface area contributed by atoms with Crippen molar-refractivity contribution in [3.8, 4) is 11.5 Å². The van der Waals surface area contributed by atoms with Crippen LogP contribution in [0.15, 0.2) is 23.8 Å². The molecule has 2 saturated carbocycles. The Kier molecular flexibility index (Phi) is 4.23. The van der Waals surface area contributed by atoms with Crippen LogP contribution in [0.3, 0.4) is 0 Å². The predicted octanol–water partition coefficient (Wildman–Crippen LogP) is 2.38. The van der Waals surface area contributed by atoms with Crippen LogP contribution < -0.4 is 0 Å². The summed E-state index contributed by atoms with van der Waals surface area (Å²) >= 11 is 0. The van der Waals surface area contributed by atoms with Gasteiger partial charge >= 0.3 is 5.97 Å². The number of carbonyl (C=O) groups is 2. The maximum absolute atomic E-state index is 12.8. The Morgan fingerprint density at radius 2 is 1.83 bits per heavy atom. The molecule has 0 spiro atoms. The summed E-state index contributed by atoms with van der Waals surface area (Å²) in [5.41, 5.74) is -3.66. The SMILES string of the molecule is Cc1cc(O)cc(O)c1C(=O)OC1CC2(C)C3CC(C)(C)CC3(O)C=C(C=O)C12O. The average Bonchev–Trinajstić information content (AvgIpc) is 2.86. The van der Waals surface area contributed by atoms with Gasteiger partial charge in [-0.1, -0.05) is 20.8 Å². The summed E-state index contributed by atoms with van der Waals surface area (Å²) < 4.78 is 5.57. The number of esters is 1. The normalized spacial score (nSPS) is 38.7. The number of fused-ring (bicyclic) bond motifs is 3. The van der Waals surface area contributed by atoms with Crippen LogP contribution in [0.1, 0.15) is 56.0 Å². The van der Waals surface area contributed by atoms with E-state index in [4.69, 9.17) is 4.74 Å². The number of benzene rings is 1. The number of phenols is 2. The van der Waals surface area contributed by atoms with Gasteiger partial charge in [-0.2, -0.15) is 0 Å². The van der Waals surface area contributed by atoms with Crippen molar-refractivity contribution in [1.29, 1.82) is 0 Å². The monoisotopic (exact) mass is 416 g/mol. The highest BCUT2D eigenvalue weighted by Crippen LogP contribution is 2.69. The van der Waals surface area contributed by atoms with Gasteiger partial charge < -0.3 is 25.2 Å². The fourth-order valence-corrected chi connectivity index (χ4v) is 6.30. The van der Waals surface area contributed by atoms with Gasteiger partial charge in [-0.15, -0.1) is 0 Å². The number of phenolic OH excluding ortho intramolecular Hbond substituents is 2. The minimum Gasteiger partial charge on any atom is -0.508 e. The van der Waals surface area contributed by atoms with E-state index < -0.39 is 34.4 Å². The van der Waals surface area contributed by atoms with E-state index in [0.29, 0.717) is 24.7 Å². The lowest BCUT2D eigenvalue weighted by Gasteiger charge is -2.65. The lowest BCUT2D eigenvalue weighted by molar-refractivity contribution is -0.261. The molecule has 3 aliphatic carbocycles. The summed E-state index contributed by atoms with van der Waals surface area (Å²) in [7, 11) is 0. The Bertz CT molecular complexity index is 957. The molecule has 7 nitrogen and oxygen atoms in total. The van der Waals surface area contributed by atoms with Crippen LogP contribution in [-0.2, 0) is 9.53 Å². The molecule has 5 unspecified atom stereocenters. The summed E-state index contributed by atoms with van der Waals surface area (Å²) in [6.07, 6.45) is 2.42. The minimum atomic E-state index is -1.72. The number of hydrogen-bond donors (Lipinski definition) is 4. The number of aliphatic hydroxyl groups is 2. The third kappa shape index (κ3) is 2.58. The number of ether oxygens (including phenoxy) is 1. The molecule has 4 N–H and O–H groups in total. The zero-order chi connectivity index (χ0) is 22.3. The van der Waals surface area contributed by atoms with Crippen LogP contribution in [0.5, 0.6) is 11.5 Å². The fourth-order valence-electron chi connectivity index (χ4n) is 6.30. The van der Waals surface area contributed by atoms with Gasteiger partial charge in [0.1, 0.15) is 35.1 Å². The Morgan fingerprint density at radius 1 is 1.17 bits per heavy atom. The molecule has 4 rings (SSSR count). The van der Waals surface area contributed by atoms with Crippen LogP contribution in [0.4, 0.5) is 0 Å². The first kappa shape index (κ1) is 20.9. The predicted molar refractivity (Wildman–Crippen MR) is 107 cm³/mol. The Hall–Kier alpha value is -2.38. The summed E-state index contributed by atoms with van der Waals surface area (Å²) in [5.74, 6) is -1.73. The number of aryl methyl sites for hydroxylation is 1. The summed E-state index contributed by atoms with van der Waals surface area (Å²) in [6.45, 7) is 7.47. The smallest absolute Gasteiger partial charge is 0.342 e. The van der Waals surface area contributed by atoms with Crippen molar-refractivity contribution in [2.24, 2.45) is 16.7 Å². The summed E-state index contributed by atoms with van der Waals surface area (Å²) in [6, 6.07) is 2.37. The van der Waals surface area contributed by atoms with E-state index in [1.54, 1.807) is 6.92 Å². The summed E-state index contributed by atoms with van der Waals surface area (Å²) in [5, 5.41) is 42.6. The number of aromatic hydroxyl groups is 2. The number of carbonyl (C=O) groups excluding carboxylic acids is 2. The van der Waals surface area contributed by atoms with E-state index in [1.165, 1.54) is 12.1 Å². The Morgan fingerprint density at radius 3 is 2.43 bits per heavy atom. The van der Waals surface area contributed by atoms with Gasteiger partial charge in [0.15, 0.2) is 0 Å². The zero-order valence-corrected chi connectivity index (χ0v) is 17.6. The van der Waals surface area contributed by atoms with Gasteiger partial charge in [-0.3, -0.25) is 4.79 Å². The molecule has 0 radical (unpaired) electrons. The van der Waals surface area contributed by atoms with Gasteiger partial charge in [0.2, 0.25) is 0 Å². The molecule has 0 heterocycles. The van der Waals surface area contributed by atoms with E-state index in [0.717, 1.165) is 6.07 Å². The molecule has 0 aromatic heterocycles. The molecule has 2 fully saturated rings. The summed E-state index contributed by atoms with van der Waals surface area (Å²) in [4.78, 5) is 24.7. The van der Waals surface area contributed by atoms with Crippen LogP contribution in [-0.4, -0.2) is 50.0 Å². The van der Waals surface area contributed by atoms with Crippen LogP contribution in [0.25, 0.3) is 0 Å². The molecule has 1 aromatic rings. The molecule has 0 amide bonds. The van der Waals surface area contributed by atoms with E-state index in [1.807, 2.05) is 20.8 Å². The van der Waals surface area contributed by atoms with Crippen molar-refractivity contribution in [2.75, 3.05) is 0 Å². The molecule has 1 aromatic carbocycles. The van der Waals surface area contributed by atoms with Gasteiger partial charge in [0.25, 0.3) is 0 Å². The Labute approximate surface area is 175 Å². The third-order valence-electron chi connectivity index (χ3n) is 7.56. The molecule has 162 valence electrons. The second-order valence-corrected chi connectivity index (χ2v) is 10.2. The van der Waals surface area contributed by atoms with Gasteiger partial charge in [-0.25, -0.2) is 4.79 Å². The molecule has 0 aliphatic heterocycles. The van der Waals surface area contributed by atoms with Gasteiger partial charge in [-0.05, 0) is 49.3 Å². The molecule has 0 bridgehead atoms. The molecule has 5 atom stereocenters. The molecular weight excluding hydrogens is 388 g/mol. The number of hydrogen-bond acceptors (Lipinski definition) is 7. The van der Waals surface area contributed by atoms with Crippen molar-refractivity contribution in [1.82, 2.24) is 0 Å². The van der Waals surface area contributed by atoms with Gasteiger partial charge in [0.05, 0.1) is 5.60 Å².